The summed E-state index contributed by atoms with van der Waals surface area (Å²) in [4.78, 5) is 5.10. The summed E-state index contributed by atoms with van der Waals surface area (Å²) in [6, 6.07) is 9.68. The average Bonchev–Trinajstić information content (AvgIpc) is 3.07. The maximum absolute atomic E-state index is 10.9. The Bertz CT molecular complexity index is 2090. The van der Waals surface area contributed by atoms with E-state index in [0.29, 0.717) is 11.3 Å². The second kappa shape index (κ2) is 17.8. The van der Waals surface area contributed by atoms with Gasteiger partial charge in [0.1, 0.15) is 46.9 Å². The summed E-state index contributed by atoms with van der Waals surface area (Å²) in [7, 11) is -3.52. The highest BCUT2D eigenvalue weighted by atomic mass is 32.3. The highest BCUT2D eigenvalue weighted by Gasteiger charge is 2.41. The molecule has 0 saturated heterocycles. The van der Waals surface area contributed by atoms with Crippen molar-refractivity contribution in [3.05, 3.63) is 80.9 Å². The van der Waals surface area contributed by atoms with Gasteiger partial charge in [0.15, 0.2) is 5.71 Å². The van der Waals surface area contributed by atoms with E-state index in [1.165, 1.54) is 10.4 Å². The normalized spacial score (nSPS) is 14.9. The zero-order valence-corrected chi connectivity index (χ0v) is 32.9. The van der Waals surface area contributed by atoms with Crippen LogP contribution in [0, 0.1) is 0 Å². The lowest BCUT2D eigenvalue weighted by Crippen LogP contribution is -2.49. The Hall–Kier alpha value is -4.08. The summed E-state index contributed by atoms with van der Waals surface area (Å²) < 4.78 is 94.4. The smallest absolute Gasteiger partial charge is 0.397 e. The van der Waals surface area contributed by atoms with Gasteiger partial charge in [-0.2, -0.15) is 16.8 Å². The molecule has 53 heavy (non-hydrogen) atoms. The minimum absolute atomic E-state index is 0.00219. The summed E-state index contributed by atoms with van der Waals surface area (Å²) in [5, 5.41) is 6.35. The van der Waals surface area contributed by atoms with E-state index in [1.54, 1.807) is 12.1 Å². The number of allylic oxidation sites excluding steroid dienone is 5. The van der Waals surface area contributed by atoms with Crippen LogP contribution in [0.25, 0.3) is 16.0 Å². The number of azide groups is 1. The first kappa shape index (κ1) is 41.7. The van der Waals surface area contributed by atoms with Crippen molar-refractivity contribution in [2.45, 2.75) is 13.1 Å². The molecule has 0 radical (unpaired) electrons. The SMILES string of the molecule is CN(C)c1ccc2c(c1)[Si](C)(C)C1=CC(=[N+](C)C)C=CC1=C2c1cc(N=[N+]=[N-])c(OCCOCCOS(=O)(=O)O)cc1OCCOCCOS(=O)(=O)O. The molecule has 4 rings (SSSR count). The minimum Gasteiger partial charge on any atom is -0.491 e. The molecular weight excluding hydrogens is 751 g/mol. The van der Waals surface area contributed by atoms with Gasteiger partial charge in [-0.25, -0.2) is 12.9 Å². The van der Waals surface area contributed by atoms with Crippen LogP contribution in [0.2, 0.25) is 13.1 Å². The van der Waals surface area contributed by atoms with Gasteiger partial charge < -0.3 is 23.8 Å². The molecule has 20 heteroatoms. The number of rotatable bonds is 19. The van der Waals surface area contributed by atoms with Crippen LogP contribution < -0.4 is 19.6 Å². The van der Waals surface area contributed by atoms with Crippen molar-refractivity contribution in [3.63, 3.8) is 0 Å². The topological polar surface area (TPSA) is 219 Å². The van der Waals surface area contributed by atoms with Crippen molar-refractivity contribution >= 4 is 56.7 Å². The van der Waals surface area contributed by atoms with E-state index in [9.17, 15) is 22.4 Å². The quantitative estimate of drug-likeness (QED) is 0.0396. The molecule has 0 bridgehead atoms. The molecule has 0 saturated carbocycles. The van der Waals surface area contributed by atoms with Crippen LogP contribution in [0.3, 0.4) is 0 Å². The maximum atomic E-state index is 10.9. The third-order valence-electron chi connectivity index (χ3n) is 8.30. The minimum atomic E-state index is -4.60. The molecule has 0 unspecified atom stereocenters. The van der Waals surface area contributed by atoms with Crippen molar-refractivity contribution in [2.75, 3.05) is 85.9 Å². The predicted octanol–water partition coefficient (Wildman–Crippen LogP) is 3.60. The Balaban J connectivity index is 1.79. The Labute approximate surface area is 310 Å². The van der Waals surface area contributed by atoms with E-state index in [2.05, 4.69) is 77.4 Å². The highest BCUT2D eigenvalue weighted by molar-refractivity contribution is 7.81. The largest absolute Gasteiger partial charge is 0.491 e. The number of fused-ring (bicyclic) bond motifs is 2. The molecule has 288 valence electrons. The molecule has 2 N–H and O–H groups in total. The number of hydrogen-bond donors (Lipinski definition) is 2. The summed E-state index contributed by atoms with van der Waals surface area (Å²) >= 11 is 0. The molecule has 2 aliphatic rings. The number of anilines is 1. The number of nitrogens with zero attached hydrogens (tertiary/aromatic N) is 5. The molecule has 1 heterocycles. The fraction of sp³-hybridized carbons (Fsp3) is 0.424. The van der Waals surface area contributed by atoms with Crippen molar-refractivity contribution in [1.29, 1.82) is 0 Å². The zero-order valence-electron chi connectivity index (χ0n) is 30.3. The molecule has 2 aromatic carbocycles. The van der Waals surface area contributed by atoms with Gasteiger partial charge in [0.05, 0.1) is 45.3 Å². The summed E-state index contributed by atoms with van der Waals surface area (Å²) in [5.41, 5.74) is 15.3. The summed E-state index contributed by atoms with van der Waals surface area (Å²) in [6.07, 6.45) is 6.38. The Kier molecular flexibility index (Phi) is 14.0. The lowest BCUT2D eigenvalue weighted by Gasteiger charge is -2.38. The van der Waals surface area contributed by atoms with Crippen molar-refractivity contribution in [2.24, 2.45) is 5.11 Å². The van der Waals surface area contributed by atoms with E-state index in [-0.39, 0.29) is 57.7 Å². The number of ether oxygens (including phenoxy) is 4. The Morgan fingerprint density at radius 1 is 0.811 bits per heavy atom. The molecule has 0 amide bonds. The van der Waals surface area contributed by atoms with Gasteiger partial charge in [0, 0.05) is 48.5 Å². The maximum Gasteiger partial charge on any atom is 0.397 e. The molecule has 2 aromatic rings. The zero-order chi connectivity index (χ0) is 39.0. The molecule has 17 nitrogen and oxygen atoms in total. The molecule has 0 fully saturated rings. The third-order valence-corrected chi connectivity index (χ3v) is 12.7. The molecular formula is C33H44N5O12S2Si+. The molecule has 0 spiro atoms. The first-order valence-corrected chi connectivity index (χ1v) is 22.1. The standard InChI is InChI=1S/C33H43N5O12S2Si/c1-37(2)23-7-9-25-31(19-23)53(5,6)32-20-24(38(3)4)8-10-26(32)33(25)27-21-28(35-36-34)30(48-16-12-46-14-18-50-52(42,43)44)22-29(27)47-15-11-45-13-17-49-51(39,40)41/h7-10,19-22H,11-18H2,1-6H3,(H-,39,40,41,42,43,44)/p+1. The monoisotopic (exact) mass is 794 g/mol. The van der Waals surface area contributed by atoms with Gasteiger partial charge >= 0.3 is 20.8 Å². The van der Waals surface area contributed by atoms with Crippen LogP contribution in [0.1, 0.15) is 11.1 Å². The van der Waals surface area contributed by atoms with E-state index in [0.717, 1.165) is 28.1 Å². The second-order valence-electron chi connectivity index (χ2n) is 12.7. The van der Waals surface area contributed by atoms with Crippen LogP contribution in [-0.4, -0.2) is 125 Å². The van der Waals surface area contributed by atoms with Crippen LogP contribution in [0.15, 0.2) is 64.4 Å². The van der Waals surface area contributed by atoms with Gasteiger partial charge in [-0.15, -0.1) is 0 Å². The van der Waals surface area contributed by atoms with Crippen molar-refractivity contribution in [1.82, 2.24) is 0 Å². The molecule has 0 atom stereocenters. The van der Waals surface area contributed by atoms with E-state index in [1.807, 2.05) is 28.2 Å². The summed E-state index contributed by atoms with van der Waals surface area (Å²) in [6.45, 7) is 3.60. The first-order valence-electron chi connectivity index (χ1n) is 16.3. The van der Waals surface area contributed by atoms with Crippen LogP contribution >= 0.6 is 0 Å². The second-order valence-corrected chi connectivity index (χ2v) is 19.2. The predicted molar refractivity (Wildman–Crippen MR) is 201 cm³/mol. The highest BCUT2D eigenvalue weighted by Crippen LogP contribution is 2.47. The lowest BCUT2D eigenvalue weighted by atomic mass is 9.88. The number of hydrogen-bond acceptors (Lipinski definition) is 12. The van der Waals surface area contributed by atoms with Gasteiger partial charge in [0.25, 0.3) is 0 Å². The average molecular weight is 795 g/mol. The van der Waals surface area contributed by atoms with Crippen molar-refractivity contribution in [3.8, 4) is 11.5 Å². The van der Waals surface area contributed by atoms with Crippen LogP contribution in [0.5, 0.6) is 11.5 Å². The van der Waals surface area contributed by atoms with E-state index in [4.69, 9.17) is 28.1 Å². The van der Waals surface area contributed by atoms with Gasteiger partial charge in [0.2, 0.25) is 0 Å². The van der Waals surface area contributed by atoms with Gasteiger partial charge in [-0.05, 0) is 56.9 Å². The number of benzene rings is 2. The third kappa shape index (κ3) is 11.2. The van der Waals surface area contributed by atoms with Crippen LogP contribution in [-0.2, 0) is 38.6 Å². The molecule has 1 aliphatic carbocycles. The molecule has 1 aliphatic heterocycles. The van der Waals surface area contributed by atoms with Gasteiger partial charge in [-0.3, -0.25) is 9.11 Å². The Morgan fingerprint density at radius 3 is 1.94 bits per heavy atom. The molecule has 0 aromatic heterocycles. The van der Waals surface area contributed by atoms with Crippen LogP contribution in [0.4, 0.5) is 11.4 Å². The van der Waals surface area contributed by atoms with E-state index < -0.39 is 35.5 Å². The Morgan fingerprint density at radius 2 is 1.40 bits per heavy atom. The lowest BCUT2D eigenvalue weighted by molar-refractivity contribution is -0.462. The van der Waals surface area contributed by atoms with Crippen molar-refractivity contribution < 1.29 is 57.8 Å². The first-order chi connectivity index (χ1) is 24.9. The van der Waals surface area contributed by atoms with E-state index >= 15 is 0 Å². The fourth-order valence-corrected chi connectivity index (χ4v) is 9.43. The summed E-state index contributed by atoms with van der Waals surface area (Å²) in [5.74, 6) is 0.554. The fourth-order valence-electron chi connectivity index (χ4n) is 5.80. The van der Waals surface area contributed by atoms with Gasteiger partial charge in [-0.1, -0.05) is 24.3 Å².